The molecule has 1 aromatic heterocycles. The van der Waals surface area contributed by atoms with E-state index < -0.39 is 16.1 Å². The van der Waals surface area contributed by atoms with Gasteiger partial charge in [-0.3, -0.25) is 4.68 Å². The van der Waals surface area contributed by atoms with Crippen LogP contribution < -0.4 is 0 Å². The van der Waals surface area contributed by atoms with Gasteiger partial charge < -0.3 is 9.84 Å². The first kappa shape index (κ1) is 12.5. The minimum atomic E-state index is -3.55. The molecule has 96 valence electrons. The van der Waals surface area contributed by atoms with Gasteiger partial charge in [0.05, 0.1) is 25.5 Å². The molecule has 0 saturated carbocycles. The van der Waals surface area contributed by atoms with E-state index in [9.17, 15) is 8.42 Å². The first-order chi connectivity index (χ1) is 8.05. The number of morpholine rings is 1. The maximum absolute atomic E-state index is 12.3. The summed E-state index contributed by atoms with van der Waals surface area (Å²) in [5.74, 6) is 0. The van der Waals surface area contributed by atoms with Crippen molar-refractivity contribution in [3.63, 3.8) is 0 Å². The third-order valence-corrected chi connectivity index (χ3v) is 4.63. The van der Waals surface area contributed by atoms with E-state index in [1.807, 2.05) is 0 Å². The van der Waals surface area contributed by atoms with E-state index in [4.69, 9.17) is 9.84 Å². The number of aliphatic hydroxyl groups excluding tert-OH is 1. The average Bonchev–Trinajstić information content (AvgIpc) is 2.76. The molecule has 0 amide bonds. The highest BCUT2D eigenvalue weighted by Crippen LogP contribution is 2.17. The Morgan fingerprint density at radius 3 is 3.00 bits per heavy atom. The first-order valence-electron chi connectivity index (χ1n) is 5.26. The number of hydrogen-bond acceptors (Lipinski definition) is 5. The molecule has 7 nitrogen and oxygen atoms in total. The monoisotopic (exact) mass is 261 g/mol. The minimum Gasteiger partial charge on any atom is -0.394 e. The minimum absolute atomic E-state index is 0.149. The van der Waals surface area contributed by atoms with Gasteiger partial charge in [-0.1, -0.05) is 0 Å². The van der Waals surface area contributed by atoms with Crippen LogP contribution in [0.3, 0.4) is 0 Å². The van der Waals surface area contributed by atoms with Gasteiger partial charge in [0, 0.05) is 20.1 Å². The molecule has 0 bridgehead atoms. The fourth-order valence-corrected chi connectivity index (χ4v) is 3.32. The Labute approximate surface area is 99.7 Å². The van der Waals surface area contributed by atoms with Gasteiger partial charge in [-0.05, 0) is 6.07 Å². The predicted molar refractivity (Wildman–Crippen MR) is 58.8 cm³/mol. The van der Waals surface area contributed by atoms with Crippen LogP contribution in [0.1, 0.15) is 0 Å². The average molecular weight is 261 g/mol. The van der Waals surface area contributed by atoms with Crippen molar-refractivity contribution in [3.8, 4) is 0 Å². The predicted octanol–water partition coefficient (Wildman–Crippen LogP) is -1.20. The second kappa shape index (κ2) is 4.73. The van der Waals surface area contributed by atoms with E-state index in [0.717, 1.165) is 0 Å². The molecule has 1 aromatic rings. The highest BCUT2D eigenvalue weighted by Gasteiger charge is 2.32. The summed E-state index contributed by atoms with van der Waals surface area (Å²) in [4.78, 5) is 0. The zero-order valence-electron chi connectivity index (χ0n) is 9.48. The molecule has 1 saturated heterocycles. The van der Waals surface area contributed by atoms with E-state index >= 15 is 0 Å². The third-order valence-electron chi connectivity index (χ3n) is 2.69. The molecular weight excluding hydrogens is 246 g/mol. The molecule has 17 heavy (non-hydrogen) atoms. The summed E-state index contributed by atoms with van der Waals surface area (Å²) >= 11 is 0. The van der Waals surface area contributed by atoms with E-state index in [0.29, 0.717) is 13.2 Å². The first-order valence-corrected chi connectivity index (χ1v) is 6.70. The molecule has 1 aliphatic rings. The molecular formula is C9H15N3O4S. The molecule has 2 heterocycles. The van der Waals surface area contributed by atoms with Crippen molar-refractivity contribution in [2.45, 2.75) is 11.1 Å². The Bertz CT molecular complexity index is 484. The van der Waals surface area contributed by atoms with Crippen LogP contribution in [0.5, 0.6) is 0 Å². The molecule has 1 aliphatic heterocycles. The Hall–Kier alpha value is -0.960. The zero-order valence-corrected chi connectivity index (χ0v) is 10.3. The quantitative estimate of drug-likeness (QED) is 0.739. The molecule has 1 atom stereocenters. The van der Waals surface area contributed by atoms with Crippen molar-refractivity contribution in [2.75, 3.05) is 26.3 Å². The molecule has 0 spiro atoms. The van der Waals surface area contributed by atoms with Crippen molar-refractivity contribution in [1.29, 1.82) is 0 Å². The van der Waals surface area contributed by atoms with Crippen molar-refractivity contribution >= 4 is 10.0 Å². The summed E-state index contributed by atoms with van der Waals surface area (Å²) < 4.78 is 32.4. The maximum atomic E-state index is 12.3. The van der Waals surface area contributed by atoms with Crippen LogP contribution in [-0.4, -0.2) is 60.0 Å². The molecule has 0 aliphatic carbocycles. The van der Waals surface area contributed by atoms with Gasteiger partial charge in [0.2, 0.25) is 0 Å². The molecule has 1 fully saturated rings. The van der Waals surface area contributed by atoms with Gasteiger partial charge in [0.1, 0.15) is 0 Å². The summed E-state index contributed by atoms with van der Waals surface area (Å²) in [6.07, 6.45) is 0.989. The number of hydrogen-bond donors (Lipinski definition) is 1. The number of aryl methyl sites for hydroxylation is 1. The topological polar surface area (TPSA) is 84.7 Å². The summed E-state index contributed by atoms with van der Waals surface area (Å²) in [6.45, 7) is 0.577. The molecule has 0 radical (unpaired) electrons. The Morgan fingerprint density at radius 2 is 2.41 bits per heavy atom. The lowest BCUT2D eigenvalue weighted by atomic mass is 10.3. The molecule has 8 heteroatoms. The Morgan fingerprint density at radius 1 is 1.65 bits per heavy atom. The van der Waals surface area contributed by atoms with Gasteiger partial charge in [0.25, 0.3) is 10.0 Å². The Balaban J connectivity index is 2.24. The molecule has 2 rings (SSSR count). The standard InChI is InChI=1S/C9H15N3O4S/c1-11-9(2-3-10-11)17(14,15)12-4-5-16-8(6-12)7-13/h2-3,8,13H,4-7H2,1H3. The highest BCUT2D eigenvalue weighted by atomic mass is 32.2. The number of rotatable bonds is 3. The normalized spacial score (nSPS) is 22.8. The fourth-order valence-electron chi connectivity index (χ4n) is 1.77. The van der Waals surface area contributed by atoms with Crippen LogP contribution in [0.15, 0.2) is 17.3 Å². The van der Waals surface area contributed by atoms with Crippen molar-refractivity contribution in [3.05, 3.63) is 12.3 Å². The summed E-state index contributed by atoms with van der Waals surface area (Å²) in [5, 5.41) is 13.0. The van der Waals surface area contributed by atoms with E-state index in [-0.39, 0.29) is 18.2 Å². The number of aliphatic hydroxyl groups is 1. The zero-order chi connectivity index (χ0) is 12.5. The van der Waals surface area contributed by atoms with Crippen molar-refractivity contribution in [2.24, 2.45) is 7.05 Å². The molecule has 1 unspecified atom stereocenters. The van der Waals surface area contributed by atoms with Gasteiger partial charge in [0.15, 0.2) is 5.03 Å². The summed E-state index contributed by atoms with van der Waals surface area (Å²) in [7, 11) is -1.97. The fraction of sp³-hybridized carbons (Fsp3) is 0.667. The van der Waals surface area contributed by atoms with Crippen LogP contribution in [0.4, 0.5) is 0 Å². The van der Waals surface area contributed by atoms with E-state index in [1.54, 1.807) is 7.05 Å². The third kappa shape index (κ3) is 2.34. The lowest BCUT2D eigenvalue weighted by Crippen LogP contribution is -2.47. The van der Waals surface area contributed by atoms with E-state index in [2.05, 4.69) is 5.10 Å². The smallest absolute Gasteiger partial charge is 0.260 e. The van der Waals surface area contributed by atoms with Gasteiger partial charge in [-0.25, -0.2) is 8.42 Å². The molecule has 1 N–H and O–H groups in total. The summed E-state index contributed by atoms with van der Waals surface area (Å²) in [6, 6.07) is 1.46. The van der Waals surface area contributed by atoms with Crippen LogP contribution in [0.2, 0.25) is 0 Å². The number of ether oxygens (including phenoxy) is 1. The Kier molecular flexibility index (Phi) is 3.48. The highest BCUT2D eigenvalue weighted by molar-refractivity contribution is 7.89. The second-order valence-corrected chi connectivity index (χ2v) is 5.72. The largest absolute Gasteiger partial charge is 0.394 e. The summed E-state index contributed by atoms with van der Waals surface area (Å²) in [5.41, 5.74) is 0. The van der Waals surface area contributed by atoms with Crippen LogP contribution in [-0.2, 0) is 21.8 Å². The lowest BCUT2D eigenvalue weighted by molar-refractivity contribution is -0.0305. The van der Waals surface area contributed by atoms with Gasteiger partial charge in [-0.15, -0.1) is 0 Å². The van der Waals surface area contributed by atoms with Gasteiger partial charge in [-0.2, -0.15) is 9.40 Å². The van der Waals surface area contributed by atoms with E-state index in [1.165, 1.54) is 21.3 Å². The van der Waals surface area contributed by atoms with Crippen LogP contribution >= 0.6 is 0 Å². The number of nitrogens with zero attached hydrogens (tertiary/aromatic N) is 3. The number of sulfonamides is 1. The van der Waals surface area contributed by atoms with Crippen molar-refractivity contribution < 1.29 is 18.3 Å². The van der Waals surface area contributed by atoms with Crippen LogP contribution in [0.25, 0.3) is 0 Å². The molecule has 0 aromatic carbocycles. The second-order valence-electron chi connectivity index (χ2n) is 3.83. The lowest BCUT2D eigenvalue weighted by Gasteiger charge is -2.30. The van der Waals surface area contributed by atoms with Crippen molar-refractivity contribution in [1.82, 2.24) is 14.1 Å². The SMILES string of the molecule is Cn1nccc1S(=O)(=O)N1CCOC(CO)C1. The van der Waals surface area contributed by atoms with Gasteiger partial charge >= 0.3 is 0 Å². The maximum Gasteiger partial charge on any atom is 0.260 e. The van der Waals surface area contributed by atoms with Crippen LogP contribution in [0, 0.1) is 0 Å². The number of aromatic nitrogens is 2.